The van der Waals surface area contributed by atoms with Gasteiger partial charge < -0.3 is 4.90 Å². The number of fused-ring (bicyclic) bond motifs is 5. The first-order valence-corrected chi connectivity index (χ1v) is 17.7. The highest BCUT2D eigenvalue weighted by Crippen LogP contribution is 2.54. The van der Waals surface area contributed by atoms with Gasteiger partial charge in [-0.1, -0.05) is 148 Å². The van der Waals surface area contributed by atoms with E-state index in [1.807, 2.05) is 0 Å². The van der Waals surface area contributed by atoms with Crippen LogP contribution in [0.5, 0.6) is 0 Å². The summed E-state index contributed by atoms with van der Waals surface area (Å²) >= 11 is 0. The quantitative estimate of drug-likeness (QED) is 0.185. The van der Waals surface area contributed by atoms with Crippen molar-refractivity contribution in [3.05, 3.63) is 162 Å². The molecule has 1 saturated carbocycles. The molecule has 48 heavy (non-hydrogen) atoms. The molecule has 7 aromatic carbocycles. The topological polar surface area (TPSA) is 3.24 Å². The molecule has 1 fully saturated rings. The molecular formula is C47H41N. The number of nitrogens with zero attached hydrogens (tertiary/aromatic N) is 1. The first kappa shape index (κ1) is 29.0. The normalized spacial score (nSPS) is 15.4. The van der Waals surface area contributed by atoms with Gasteiger partial charge in [0.25, 0.3) is 0 Å². The lowest BCUT2D eigenvalue weighted by atomic mass is 9.78. The fourth-order valence-electron chi connectivity index (χ4n) is 8.79. The van der Waals surface area contributed by atoms with Crippen molar-refractivity contribution >= 4 is 38.6 Å². The zero-order valence-corrected chi connectivity index (χ0v) is 27.9. The highest BCUT2D eigenvalue weighted by molar-refractivity contribution is 6.06. The van der Waals surface area contributed by atoms with E-state index in [0.717, 1.165) is 5.69 Å². The fourth-order valence-corrected chi connectivity index (χ4v) is 8.79. The maximum absolute atomic E-state index is 2.50. The van der Waals surface area contributed by atoms with Crippen LogP contribution in [0.4, 0.5) is 17.1 Å². The molecule has 0 heterocycles. The van der Waals surface area contributed by atoms with Crippen molar-refractivity contribution < 1.29 is 0 Å². The number of hydrogen-bond donors (Lipinski definition) is 0. The molecular weight excluding hydrogens is 579 g/mol. The van der Waals surface area contributed by atoms with Crippen LogP contribution in [0.25, 0.3) is 43.8 Å². The molecule has 2 aliphatic carbocycles. The molecule has 1 heteroatoms. The predicted molar refractivity (Wildman–Crippen MR) is 205 cm³/mol. The average molecular weight is 620 g/mol. The van der Waals surface area contributed by atoms with E-state index in [1.54, 1.807) is 5.56 Å². The van der Waals surface area contributed by atoms with Crippen LogP contribution < -0.4 is 4.90 Å². The van der Waals surface area contributed by atoms with Gasteiger partial charge >= 0.3 is 0 Å². The summed E-state index contributed by atoms with van der Waals surface area (Å²) in [5.41, 5.74) is 13.3. The van der Waals surface area contributed by atoms with Gasteiger partial charge in [0.2, 0.25) is 0 Å². The van der Waals surface area contributed by atoms with Crippen molar-refractivity contribution in [2.75, 3.05) is 4.90 Å². The smallest absolute Gasteiger partial charge is 0.0546 e. The summed E-state index contributed by atoms with van der Waals surface area (Å²) in [5, 5.41) is 5.01. The predicted octanol–water partition coefficient (Wildman–Crippen LogP) is 13.5. The fraction of sp³-hybridized carbons (Fsp3) is 0.191. The van der Waals surface area contributed by atoms with Crippen molar-refractivity contribution in [2.24, 2.45) is 0 Å². The summed E-state index contributed by atoms with van der Waals surface area (Å²) in [6.45, 7) is 4.86. The zero-order valence-electron chi connectivity index (χ0n) is 27.9. The summed E-state index contributed by atoms with van der Waals surface area (Å²) in [6, 6.07) is 54.4. The Bertz CT molecular complexity index is 2310. The minimum absolute atomic E-state index is 0.0912. The molecule has 2 aliphatic rings. The zero-order chi connectivity index (χ0) is 32.2. The van der Waals surface area contributed by atoms with Crippen molar-refractivity contribution in [2.45, 2.75) is 57.3 Å². The molecule has 9 rings (SSSR count). The highest BCUT2D eigenvalue weighted by Gasteiger charge is 2.38. The van der Waals surface area contributed by atoms with Crippen LogP contribution in [-0.4, -0.2) is 0 Å². The second kappa shape index (κ2) is 11.5. The van der Waals surface area contributed by atoms with E-state index in [1.165, 1.54) is 98.4 Å². The van der Waals surface area contributed by atoms with Crippen LogP contribution in [0.3, 0.4) is 0 Å². The third kappa shape index (κ3) is 4.67. The molecule has 7 aromatic rings. The Hall–Kier alpha value is -5.14. The molecule has 0 amide bonds. The molecule has 0 aliphatic heterocycles. The number of anilines is 3. The SMILES string of the molecule is CC1(C)c2cc(N(c3ccc4ccccc4c3)c3ccc4ccccc4c3-c3ccccc3)ccc2-c2c(C3CCCCC3)cccc21. The first-order chi connectivity index (χ1) is 23.6. The van der Waals surface area contributed by atoms with Crippen LogP contribution in [-0.2, 0) is 5.41 Å². The molecule has 0 N–H and O–H groups in total. The number of rotatable bonds is 5. The maximum atomic E-state index is 2.50. The van der Waals surface area contributed by atoms with Crippen molar-refractivity contribution in [3.63, 3.8) is 0 Å². The van der Waals surface area contributed by atoms with E-state index >= 15 is 0 Å². The lowest BCUT2D eigenvalue weighted by molar-refractivity contribution is 0.444. The molecule has 0 atom stereocenters. The van der Waals surface area contributed by atoms with Gasteiger partial charge in [0.05, 0.1) is 5.69 Å². The maximum Gasteiger partial charge on any atom is 0.0546 e. The summed E-state index contributed by atoms with van der Waals surface area (Å²) in [6.07, 6.45) is 6.69. The Balaban J connectivity index is 1.29. The Morgan fingerprint density at radius 2 is 1.21 bits per heavy atom. The summed E-state index contributed by atoms with van der Waals surface area (Å²) in [7, 11) is 0. The van der Waals surface area contributed by atoms with E-state index < -0.39 is 0 Å². The van der Waals surface area contributed by atoms with E-state index in [2.05, 4.69) is 164 Å². The third-order valence-corrected chi connectivity index (χ3v) is 11.2. The molecule has 0 radical (unpaired) electrons. The molecule has 234 valence electrons. The van der Waals surface area contributed by atoms with Gasteiger partial charge in [-0.25, -0.2) is 0 Å². The summed E-state index contributed by atoms with van der Waals surface area (Å²) < 4.78 is 0. The standard InChI is InChI=1S/C47H41N/c1-47(2)42-23-13-22-40(33-15-5-3-6-16-33)46(42)41-28-27-38(31-43(41)47)48(37-26-24-32-14-9-10-20-36(32)30-37)44-29-25-34-17-11-12-21-39(34)45(44)35-18-7-4-8-19-35/h4,7-14,17-31,33H,3,5-6,15-16H2,1-2H3. The largest absolute Gasteiger partial charge is 0.310 e. The van der Waals surface area contributed by atoms with Gasteiger partial charge in [-0.15, -0.1) is 0 Å². The molecule has 0 saturated heterocycles. The van der Waals surface area contributed by atoms with Gasteiger partial charge in [-0.05, 0) is 104 Å². The Morgan fingerprint density at radius 3 is 2.04 bits per heavy atom. The van der Waals surface area contributed by atoms with Crippen molar-refractivity contribution in [1.29, 1.82) is 0 Å². The van der Waals surface area contributed by atoms with Gasteiger partial charge in [0.15, 0.2) is 0 Å². The second-order valence-corrected chi connectivity index (χ2v) is 14.4. The third-order valence-electron chi connectivity index (χ3n) is 11.2. The van der Waals surface area contributed by atoms with Gasteiger partial charge in [-0.2, -0.15) is 0 Å². The van der Waals surface area contributed by atoms with Gasteiger partial charge in [0, 0.05) is 22.4 Å². The van der Waals surface area contributed by atoms with E-state index in [-0.39, 0.29) is 5.41 Å². The lowest BCUT2D eigenvalue weighted by Crippen LogP contribution is -2.17. The van der Waals surface area contributed by atoms with Gasteiger partial charge in [-0.3, -0.25) is 0 Å². The molecule has 0 spiro atoms. The van der Waals surface area contributed by atoms with Crippen molar-refractivity contribution in [1.82, 2.24) is 0 Å². The molecule has 0 unspecified atom stereocenters. The summed E-state index contributed by atoms with van der Waals surface area (Å²) in [5.74, 6) is 0.662. The monoisotopic (exact) mass is 619 g/mol. The minimum atomic E-state index is -0.0912. The lowest BCUT2D eigenvalue weighted by Gasteiger charge is -2.30. The van der Waals surface area contributed by atoms with Crippen molar-refractivity contribution in [3.8, 4) is 22.3 Å². The molecule has 0 aromatic heterocycles. The summed E-state index contributed by atoms with van der Waals surface area (Å²) in [4.78, 5) is 2.50. The molecule has 0 bridgehead atoms. The minimum Gasteiger partial charge on any atom is -0.310 e. The number of hydrogen-bond acceptors (Lipinski definition) is 1. The van der Waals surface area contributed by atoms with Crippen LogP contribution in [0.15, 0.2) is 146 Å². The van der Waals surface area contributed by atoms with Crippen LogP contribution in [0.2, 0.25) is 0 Å². The van der Waals surface area contributed by atoms with E-state index in [0.29, 0.717) is 5.92 Å². The Kier molecular flexibility index (Phi) is 6.97. The number of benzene rings is 7. The van der Waals surface area contributed by atoms with Crippen LogP contribution >= 0.6 is 0 Å². The Labute approximate surface area is 284 Å². The first-order valence-electron chi connectivity index (χ1n) is 17.7. The Morgan fingerprint density at radius 1 is 0.521 bits per heavy atom. The van der Waals surface area contributed by atoms with E-state index in [4.69, 9.17) is 0 Å². The second-order valence-electron chi connectivity index (χ2n) is 14.4. The van der Waals surface area contributed by atoms with Crippen LogP contribution in [0.1, 0.15) is 68.6 Å². The van der Waals surface area contributed by atoms with Crippen LogP contribution in [0, 0.1) is 0 Å². The highest BCUT2D eigenvalue weighted by atomic mass is 15.1. The van der Waals surface area contributed by atoms with Gasteiger partial charge in [0.1, 0.15) is 0 Å². The molecule has 1 nitrogen and oxygen atoms in total. The average Bonchev–Trinajstić information content (AvgIpc) is 3.38. The van der Waals surface area contributed by atoms with E-state index in [9.17, 15) is 0 Å².